The highest BCUT2D eigenvalue weighted by Crippen LogP contribution is 2.24. The van der Waals surface area contributed by atoms with Crippen LogP contribution in [0.3, 0.4) is 0 Å². The van der Waals surface area contributed by atoms with E-state index in [1.54, 1.807) is 23.9 Å². The first-order valence-electron chi connectivity index (χ1n) is 9.95. The SMILES string of the molecule is Cn1nc(-c2ccc(F)cc2)cc1C(=O)N1CCN(C2CCCCC2)CC1. The lowest BCUT2D eigenvalue weighted by atomic mass is 9.94. The van der Waals surface area contributed by atoms with E-state index in [-0.39, 0.29) is 11.7 Å². The fraction of sp³-hybridized carbons (Fsp3) is 0.524. The van der Waals surface area contributed by atoms with Crippen molar-refractivity contribution in [2.75, 3.05) is 26.2 Å². The van der Waals surface area contributed by atoms with Crippen molar-refractivity contribution in [1.29, 1.82) is 0 Å². The summed E-state index contributed by atoms with van der Waals surface area (Å²) in [4.78, 5) is 17.5. The maximum atomic E-state index is 13.1. The van der Waals surface area contributed by atoms with E-state index in [9.17, 15) is 9.18 Å². The van der Waals surface area contributed by atoms with Crippen molar-refractivity contribution >= 4 is 5.91 Å². The number of carbonyl (C=O) groups is 1. The molecule has 6 heteroatoms. The lowest BCUT2D eigenvalue weighted by molar-refractivity contribution is 0.0514. The largest absolute Gasteiger partial charge is 0.335 e. The molecule has 0 radical (unpaired) electrons. The average Bonchev–Trinajstić information content (AvgIpc) is 3.10. The molecule has 0 bridgehead atoms. The quantitative estimate of drug-likeness (QED) is 0.832. The summed E-state index contributed by atoms with van der Waals surface area (Å²) in [5, 5.41) is 4.45. The zero-order valence-corrected chi connectivity index (χ0v) is 15.9. The van der Waals surface area contributed by atoms with Crippen molar-refractivity contribution in [3.63, 3.8) is 0 Å². The van der Waals surface area contributed by atoms with Crippen LogP contribution < -0.4 is 0 Å². The molecule has 2 aliphatic rings. The van der Waals surface area contributed by atoms with Gasteiger partial charge in [0.15, 0.2) is 0 Å². The maximum absolute atomic E-state index is 13.1. The summed E-state index contributed by atoms with van der Waals surface area (Å²) >= 11 is 0. The van der Waals surface area contributed by atoms with Gasteiger partial charge in [-0.25, -0.2) is 4.39 Å². The van der Waals surface area contributed by atoms with Crippen LogP contribution in [0.4, 0.5) is 4.39 Å². The van der Waals surface area contributed by atoms with Crippen LogP contribution in [0, 0.1) is 5.82 Å². The Morgan fingerprint density at radius 1 is 1.04 bits per heavy atom. The molecule has 1 saturated carbocycles. The van der Waals surface area contributed by atoms with Gasteiger partial charge in [0.2, 0.25) is 0 Å². The van der Waals surface area contributed by atoms with Crippen LogP contribution in [-0.4, -0.2) is 57.7 Å². The third-order valence-electron chi connectivity index (χ3n) is 5.93. The smallest absolute Gasteiger partial charge is 0.272 e. The molecule has 1 aromatic heterocycles. The van der Waals surface area contributed by atoms with Gasteiger partial charge >= 0.3 is 0 Å². The van der Waals surface area contributed by atoms with Gasteiger partial charge in [0.05, 0.1) is 5.69 Å². The predicted molar refractivity (Wildman–Crippen MR) is 103 cm³/mol. The lowest BCUT2D eigenvalue weighted by Gasteiger charge is -2.40. The summed E-state index contributed by atoms with van der Waals surface area (Å²) in [6, 6.07) is 8.72. The first-order valence-corrected chi connectivity index (χ1v) is 9.95. The van der Waals surface area contributed by atoms with Crippen molar-refractivity contribution in [2.24, 2.45) is 7.05 Å². The van der Waals surface area contributed by atoms with E-state index in [2.05, 4.69) is 10.00 Å². The summed E-state index contributed by atoms with van der Waals surface area (Å²) in [7, 11) is 1.79. The molecule has 1 amide bonds. The number of aromatic nitrogens is 2. The van der Waals surface area contributed by atoms with E-state index >= 15 is 0 Å². The van der Waals surface area contributed by atoms with Gasteiger partial charge in [0, 0.05) is 44.8 Å². The molecule has 2 fully saturated rings. The monoisotopic (exact) mass is 370 g/mol. The standard InChI is InChI=1S/C21H27FN4O/c1-24-20(15-19(23-24)16-7-9-17(22)10-8-16)21(27)26-13-11-25(12-14-26)18-5-3-2-4-6-18/h7-10,15,18H,2-6,11-14H2,1H3. The molecule has 2 heterocycles. The second-order valence-corrected chi connectivity index (χ2v) is 7.67. The van der Waals surface area contributed by atoms with Gasteiger partial charge in [-0.2, -0.15) is 5.10 Å². The minimum Gasteiger partial charge on any atom is -0.335 e. The van der Waals surface area contributed by atoms with Gasteiger partial charge in [-0.1, -0.05) is 19.3 Å². The van der Waals surface area contributed by atoms with Crippen molar-refractivity contribution < 1.29 is 9.18 Å². The normalized spacial score (nSPS) is 19.4. The van der Waals surface area contributed by atoms with E-state index in [0.29, 0.717) is 17.4 Å². The molecule has 1 aliphatic carbocycles. The zero-order chi connectivity index (χ0) is 18.8. The lowest BCUT2D eigenvalue weighted by Crippen LogP contribution is -2.52. The number of piperazine rings is 1. The number of nitrogens with zero attached hydrogens (tertiary/aromatic N) is 4. The first-order chi connectivity index (χ1) is 13.1. The van der Waals surface area contributed by atoms with Crippen LogP contribution in [0.2, 0.25) is 0 Å². The summed E-state index contributed by atoms with van der Waals surface area (Å²) in [5.41, 5.74) is 2.09. The number of aryl methyl sites for hydroxylation is 1. The Morgan fingerprint density at radius 3 is 2.37 bits per heavy atom. The van der Waals surface area contributed by atoms with Crippen molar-refractivity contribution in [3.8, 4) is 11.3 Å². The number of carbonyl (C=O) groups excluding carboxylic acids is 1. The topological polar surface area (TPSA) is 41.4 Å². The maximum Gasteiger partial charge on any atom is 0.272 e. The Labute approximate surface area is 159 Å². The molecule has 5 nitrogen and oxygen atoms in total. The molecule has 1 aromatic carbocycles. The van der Waals surface area contributed by atoms with E-state index < -0.39 is 0 Å². The van der Waals surface area contributed by atoms with E-state index in [1.165, 1.54) is 44.2 Å². The number of hydrogen-bond donors (Lipinski definition) is 0. The average molecular weight is 370 g/mol. The molecular weight excluding hydrogens is 343 g/mol. The van der Waals surface area contributed by atoms with Crippen LogP contribution in [0.5, 0.6) is 0 Å². The van der Waals surface area contributed by atoms with E-state index in [4.69, 9.17) is 0 Å². The van der Waals surface area contributed by atoms with Gasteiger partial charge < -0.3 is 4.90 Å². The Bertz CT molecular complexity index is 787. The Morgan fingerprint density at radius 2 is 1.70 bits per heavy atom. The Hall–Kier alpha value is -2.21. The summed E-state index contributed by atoms with van der Waals surface area (Å²) in [6.07, 6.45) is 6.65. The predicted octanol–water partition coefficient (Wildman–Crippen LogP) is 3.32. The van der Waals surface area contributed by atoms with E-state index in [1.807, 2.05) is 11.0 Å². The molecular formula is C21H27FN4O. The highest BCUT2D eigenvalue weighted by Gasteiger charge is 2.28. The van der Waals surface area contributed by atoms with Gasteiger partial charge in [-0.15, -0.1) is 0 Å². The van der Waals surface area contributed by atoms with Gasteiger partial charge in [0.1, 0.15) is 11.5 Å². The molecule has 0 N–H and O–H groups in total. The van der Waals surface area contributed by atoms with Crippen molar-refractivity contribution in [2.45, 2.75) is 38.1 Å². The summed E-state index contributed by atoms with van der Waals surface area (Å²) < 4.78 is 14.8. The third kappa shape index (κ3) is 3.90. The molecule has 0 atom stereocenters. The molecule has 144 valence electrons. The minimum absolute atomic E-state index is 0.0293. The van der Waals surface area contributed by atoms with Crippen LogP contribution in [0.1, 0.15) is 42.6 Å². The molecule has 4 rings (SSSR count). The van der Waals surface area contributed by atoms with Crippen molar-refractivity contribution in [3.05, 3.63) is 41.8 Å². The number of hydrogen-bond acceptors (Lipinski definition) is 3. The van der Waals surface area contributed by atoms with Gasteiger partial charge in [-0.3, -0.25) is 14.4 Å². The highest BCUT2D eigenvalue weighted by molar-refractivity contribution is 5.93. The van der Waals surface area contributed by atoms with Crippen molar-refractivity contribution in [1.82, 2.24) is 19.6 Å². The first kappa shape index (κ1) is 18.2. The van der Waals surface area contributed by atoms with Gasteiger partial charge in [-0.05, 0) is 43.2 Å². The molecule has 0 spiro atoms. The van der Waals surface area contributed by atoms with Crippen LogP contribution in [-0.2, 0) is 7.05 Å². The van der Waals surface area contributed by atoms with Gasteiger partial charge in [0.25, 0.3) is 5.91 Å². The number of amides is 1. The van der Waals surface area contributed by atoms with Crippen LogP contribution >= 0.6 is 0 Å². The van der Waals surface area contributed by atoms with Crippen LogP contribution in [0.15, 0.2) is 30.3 Å². The summed E-state index contributed by atoms with van der Waals surface area (Å²) in [5.74, 6) is -0.247. The molecule has 1 saturated heterocycles. The highest BCUT2D eigenvalue weighted by atomic mass is 19.1. The van der Waals surface area contributed by atoms with Crippen LogP contribution in [0.25, 0.3) is 11.3 Å². The molecule has 1 aliphatic heterocycles. The Balaban J connectivity index is 1.42. The minimum atomic E-state index is -0.276. The van der Waals surface area contributed by atoms with E-state index in [0.717, 1.165) is 31.7 Å². The number of halogens is 1. The fourth-order valence-corrected chi connectivity index (χ4v) is 4.33. The zero-order valence-electron chi connectivity index (χ0n) is 15.9. The number of benzene rings is 1. The third-order valence-corrected chi connectivity index (χ3v) is 5.93. The molecule has 2 aromatic rings. The fourth-order valence-electron chi connectivity index (χ4n) is 4.33. The Kier molecular flexibility index (Phi) is 5.25. The second kappa shape index (κ2) is 7.80. The second-order valence-electron chi connectivity index (χ2n) is 7.67. The number of rotatable bonds is 3. The summed E-state index contributed by atoms with van der Waals surface area (Å²) in [6.45, 7) is 3.46. The molecule has 27 heavy (non-hydrogen) atoms. The molecule has 0 unspecified atom stereocenters.